The first-order valence-electron chi connectivity index (χ1n) is 3.99. The van der Waals surface area contributed by atoms with Crippen LogP contribution in [0.15, 0.2) is 0 Å². The van der Waals surface area contributed by atoms with Crippen LogP contribution in [0, 0.1) is 0 Å². The third-order valence-corrected chi connectivity index (χ3v) is 2.06. The first kappa shape index (κ1) is 10.9. The van der Waals surface area contributed by atoms with Crippen molar-refractivity contribution >= 4 is 7.41 Å². The van der Waals surface area contributed by atoms with Gasteiger partial charge in [-0.1, -0.05) is 0 Å². The summed E-state index contributed by atoms with van der Waals surface area (Å²) in [6, 6.07) is 0. The molecule has 6 N–H and O–H groups in total. The molecule has 0 aromatic carbocycles. The van der Waals surface area contributed by atoms with Gasteiger partial charge in [0.2, 0.25) is 7.41 Å². The average Bonchev–Trinajstić information content (AvgIpc) is 2.11. The van der Waals surface area contributed by atoms with Gasteiger partial charge in [-0.3, -0.25) is 0 Å². The molecule has 1 saturated heterocycles. The lowest BCUT2D eigenvalue weighted by atomic mass is 9.82. The Morgan fingerprint density at radius 2 is 1.69 bits per heavy atom. The van der Waals surface area contributed by atoms with E-state index in [0.717, 1.165) is 0 Å². The van der Waals surface area contributed by atoms with Crippen molar-refractivity contribution in [2.45, 2.75) is 37.0 Å². The van der Waals surface area contributed by atoms with Crippen LogP contribution in [-0.2, 0) is 4.74 Å². The molecule has 1 aliphatic rings. The number of rotatable bonds is 2. The summed E-state index contributed by atoms with van der Waals surface area (Å²) in [4.78, 5) is 0. The smallest absolute Gasteiger partial charge is 0.205 e. The molecule has 7 heteroatoms. The standard InChI is InChI=1S/C6H13BNO5/c8-7-1-2-3(9)4(10)5(11)6(12)13-2/h2-6,9-12H,1,8H2/t2?,3-,4-,5?,6+/m0/s1. The molecule has 0 aliphatic carbocycles. The van der Waals surface area contributed by atoms with Crippen LogP contribution in [0.2, 0.25) is 6.32 Å². The molecule has 1 radical (unpaired) electrons. The van der Waals surface area contributed by atoms with E-state index in [4.69, 9.17) is 20.6 Å². The summed E-state index contributed by atoms with van der Waals surface area (Å²) in [6.07, 6.45) is -6.19. The largest absolute Gasteiger partial charge is 0.388 e. The Morgan fingerprint density at radius 1 is 1.08 bits per heavy atom. The van der Waals surface area contributed by atoms with Crippen molar-refractivity contribution in [2.24, 2.45) is 5.64 Å². The van der Waals surface area contributed by atoms with Gasteiger partial charge in [0.05, 0.1) is 6.10 Å². The molecule has 0 amide bonds. The lowest BCUT2D eigenvalue weighted by molar-refractivity contribution is -0.277. The molecule has 13 heavy (non-hydrogen) atoms. The van der Waals surface area contributed by atoms with Crippen LogP contribution in [0.5, 0.6) is 0 Å². The van der Waals surface area contributed by atoms with Gasteiger partial charge in [0.25, 0.3) is 0 Å². The van der Waals surface area contributed by atoms with Gasteiger partial charge in [-0.2, -0.15) is 0 Å². The highest BCUT2D eigenvalue weighted by molar-refractivity contribution is 6.31. The second-order valence-corrected chi connectivity index (χ2v) is 3.01. The van der Waals surface area contributed by atoms with Crippen molar-refractivity contribution in [3.05, 3.63) is 0 Å². The molecule has 1 aliphatic heterocycles. The molecule has 0 saturated carbocycles. The zero-order valence-electron chi connectivity index (χ0n) is 6.95. The highest BCUT2D eigenvalue weighted by atomic mass is 16.6. The zero-order valence-corrected chi connectivity index (χ0v) is 6.95. The van der Waals surface area contributed by atoms with Gasteiger partial charge in [0, 0.05) is 0 Å². The van der Waals surface area contributed by atoms with Gasteiger partial charge < -0.3 is 30.8 Å². The van der Waals surface area contributed by atoms with Crippen LogP contribution >= 0.6 is 0 Å². The summed E-state index contributed by atoms with van der Waals surface area (Å²) >= 11 is 0. The average molecular weight is 190 g/mol. The molecule has 75 valence electrons. The van der Waals surface area contributed by atoms with E-state index in [1.807, 2.05) is 0 Å². The second kappa shape index (κ2) is 4.36. The molecule has 1 rings (SSSR count). The van der Waals surface area contributed by atoms with E-state index in [0.29, 0.717) is 0 Å². The van der Waals surface area contributed by atoms with Crippen molar-refractivity contribution in [1.29, 1.82) is 0 Å². The Labute approximate surface area is 76.2 Å². The summed E-state index contributed by atoms with van der Waals surface area (Å²) in [5, 5.41) is 36.7. The maximum Gasteiger partial charge on any atom is 0.205 e. The lowest BCUT2D eigenvalue weighted by Gasteiger charge is -2.38. The number of nitrogens with two attached hydrogens (primary N) is 1. The summed E-state index contributed by atoms with van der Waals surface area (Å²) in [5.41, 5.74) is 5.11. The minimum Gasteiger partial charge on any atom is -0.388 e. The molecule has 6 nitrogen and oxygen atoms in total. The van der Waals surface area contributed by atoms with E-state index in [2.05, 4.69) is 0 Å². The predicted molar refractivity (Wildman–Crippen MR) is 43.6 cm³/mol. The maximum atomic E-state index is 9.34. The van der Waals surface area contributed by atoms with Crippen LogP contribution in [0.3, 0.4) is 0 Å². The highest BCUT2D eigenvalue weighted by Gasteiger charge is 2.42. The van der Waals surface area contributed by atoms with Crippen LogP contribution < -0.4 is 5.64 Å². The highest BCUT2D eigenvalue weighted by Crippen LogP contribution is 2.21. The molecule has 0 spiro atoms. The summed E-state index contributed by atoms with van der Waals surface area (Å²) < 4.78 is 4.81. The van der Waals surface area contributed by atoms with Gasteiger partial charge in [0.15, 0.2) is 6.29 Å². The third kappa shape index (κ3) is 2.19. The third-order valence-electron chi connectivity index (χ3n) is 2.06. The Bertz CT molecular complexity index is 171. The molecule has 0 bridgehead atoms. The van der Waals surface area contributed by atoms with Gasteiger partial charge in [0.1, 0.15) is 18.3 Å². The SMILES string of the molecule is N[B]CC1O[C@@H](O)C(O)[C@@H](O)[C@H]1O. The van der Waals surface area contributed by atoms with Gasteiger partial charge in [-0.05, 0) is 6.32 Å². The molecule has 1 fully saturated rings. The molecule has 0 aromatic heterocycles. The van der Waals surface area contributed by atoms with E-state index in [-0.39, 0.29) is 6.32 Å². The maximum absolute atomic E-state index is 9.34. The summed E-state index contributed by atoms with van der Waals surface area (Å²) in [7, 11) is 1.25. The van der Waals surface area contributed by atoms with E-state index in [1.165, 1.54) is 7.41 Å². The molecule has 1 heterocycles. The molecule has 5 atom stereocenters. The monoisotopic (exact) mass is 190 g/mol. The predicted octanol–water partition coefficient (Wildman–Crippen LogP) is -3.22. The van der Waals surface area contributed by atoms with E-state index in [9.17, 15) is 10.2 Å². The Kier molecular flexibility index (Phi) is 3.66. The number of aliphatic hydroxyl groups is 4. The number of hydrogen-bond acceptors (Lipinski definition) is 6. The number of aliphatic hydroxyl groups excluding tert-OH is 4. The first-order chi connectivity index (χ1) is 6.07. The fourth-order valence-corrected chi connectivity index (χ4v) is 1.26. The molecule has 0 aromatic rings. The van der Waals surface area contributed by atoms with E-state index >= 15 is 0 Å². The minimum absolute atomic E-state index is 0.196. The van der Waals surface area contributed by atoms with Crippen molar-refractivity contribution in [3.8, 4) is 0 Å². The van der Waals surface area contributed by atoms with Crippen LogP contribution in [-0.4, -0.2) is 58.5 Å². The lowest BCUT2D eigenvalue weighted by Crippen LogP contribution is -2.57. The van der Waals surface area contributed by atoms with Crippen molar-refractivity contribution in [1.82, 2.24) is 0 Å². The van der Waals surface area contributed by atoms with Gasteiger partial charge >= 0.3 is 0 Å². The number of hydrogen-bond donors (Lipinski definition) is 5. The molecular weight excluding hydrogens is 177 g/mol. The Balaban J connectivity index is 2.59. The van der Waals surface area contributed by atoms with Crippen molar-refractivity contribution < 1.29 is 25.2 Å². The first-order valence-corrected chi connectivity index (χ1v) is 3.99. The summed E-state index contributed by atoms with van der Waals surface area (Å²) in [6.45, 7) is 0. The Hall–Kier alpha value is -0.175. The van der Waals surface area contributed by atoms with Crippen molar-refractivity contribution in [3.63, 3.8) is 0 Å². The zero-order chi connectivity index (χ0) is 10.0. The van der Waals surface area contributed by atoms with E-state index < -0.39 is 30.7 Å². The second-order valence-electron chi connectivity index (χ2n) is 3.01. The normalized spacial score (nSPS) is 46.1. The quantitative estimate of drug-likeness (QED) is 0.292. The van der Waals surface area contributed by atoms with Gasteiger partial charge in [-0.25, -0.2) is 0 Å². The summed E-state index contributed by atoms with van der Waals surface area (Å²) in [5.74, 6) is 0. The van der Waals surface area contributed by atoms with Gasteiger partial charge in [-0.15, -0.1) is 0 Å². The van der Waals surface area contributed by atoms with E-state index in [1.54, 1.807) is 0 Å². The fraction of sp³-hybridized carbons (Fsp3) is 1.00. The molecule has 2 unspecified atom stereocenters. The Morgan fingerprint density at radius 3 is 2.23 bits per heavy atom. The van der Waals surface area contributed by atoms with Crippen LogP contribution in [0.25, 0.3) is 0 Å². The molecular formula is C6H13BNO5. The minimum atomic E-state index is -1.48. The van der Waals surface area contributed by atoms with Crippen molar-refractivity contribution in [2.75, 3.05) is 0 Å². The van der Waals surface area contributed by atoms with Crippen LogP contribution in [0.1, 0.15) is 0 Å². The fourth-order valence-electron chi connectivity index (χ4n) is 1.26. The van der Waals surface area contributed by atoms with Crippen LogP contribution in [0.4, 0.5) is 0 Å². The number of ether oxygens (including phenoxy) is 1. The topological polar surface area (TPSA) is 116 Å².